The zero-order valence-electron chi connectivity index (χ0n) is 30.1. The van der Waals surface area contributed by atoms with Gasteiger partial charge >= 0.3 is 0 Å². The molecule has 2 aliphatic carbocycles. The predicted octanol–water partition coefficient (Wildman–Crippen LogP) is 14.8. The molecule has 0 aliphatic heterocycles. The highest BCUT2D eigenvalue weighted by atomic mass is 14.0. The van der Waals surface area contributed by atoms with E-state index in [1.54, 1.807) is 0 Å². The highest BCUT2D eigenvalue weighted by molar-refractivity contribution is 5.62. The quantitative estimate of drug-likeness (QED) is 0.162. The van der Waals surface area contributed by atoms with Crippen LogP contribution in [0.1, 0.15) is 12.8 Å². The van der Waals surface area contributed by atoms with Crippen molar-refractivity contribution >= 4 is 0 Å². The van der Waals surface area contributed by atoms with Gasteiger partial charge in [-0.1, -0.05) is 291 Å². The lowest BCUT2D eigenvalue weighted by Gasteiger charge is -1.98. The second-order valence-electron chi connectivity index (χ2n) is 10.7. The average Bonchev–Trinajstić information content (AvgIpc) is 4.08. The van der Waals surface area contributed by atoms with Gasteiger partial charge in [0.05, 0.1) is 0 Å². The van der Waals surface area contributed by atoms with E-state index in [1.807, 2.05) is 194 Å². The molecule has 0 nitrogen and oxygen atoms in total. The topological polar surface area (TPSA) is 0 Å². The van der Waals surface area contributed by atoms with Gasteiger partial charge in [-0.15, -0.1) is 0 Å². The first kappa shape index (κ1) is 41.7. The first-order chi connectivity index (χ1) is 26.0. The van der Waals surface area contributed by atoms with Gasteiger partial charge in [-0.3, -0.25) is 0 Å². The van der Waals surface area contributed by atoms with Gasteiger partial charge < -0.3 is 0 Å². The smallest absolute Gasteiger partial charge is 0.0163 e. The maximum Gasteiger partial charge on any atom is -0.0163 e. The van der Waals surface area contributed by atoms with Gasteiger partial charge in [0, 0.05) is 0 Å². The molecule has 0 amide bonds. The Kier molecular flexibility index (Phi) is 27.5. The summed E-state index contributed by atoms with van der Waals surface area (Å²) >= 11 is 0. The molecule has 0 atom stereocenters. The Morgan fingerprint density at radius 1 is 0.173 bits per heavy atom. The van der Waals surface area contributed by atoms with E-state index in [0.29, 0.717) is 0 Å². The van der Waals surface area contributed by atoms with E-state index in [-0.39, 0.29) is 0 Å². The van der Waals surface area contributed by atoms with E-state index in [2.05, 4.69) is 97.1 Å². The summed E-state index contributed by atoms with van der Waals surface area (Å²) in [4.78, 5) is 0. The Bertz CT molecular complexity index is 1360. The first-order valence-electron chi connectivity index (χ1n) is 17.7. The van der Waals surface area contributed by atoms with E-state index in [4.69, 9.17) is 0 Å². The van der Waals surface area contributed by atoms with Crippen LogP contribution in [0.4, 0.5) is 0 Å². The molecule has 0 fully saturated rings. The molecule has 0 radical (unpaired) electrons. The monoisotopic (exact) mass is 676 g/mol. The summed E-state index contributed by atoms with van der Waals surface area (Å²) in [7, 11) is 0. The van der Waals surface area contributed by atoms with Crippen molar-refractivity contribution in [3.05, 3.63) is 291 Å². The maximum absolute atomic E-state index is 2.12. The van der Waals surface area contributed by atoms with Crippen molar-refractivity contribution in [3.8, 4) is 11.1 Å². The van der Waals surface area contributed by atoms with Crippen molar-refractivity contribution in [2.75, 3.05) is 0 Å². The molecule has 260 valence electrons. The molecule has 2 aliphatic rings. The molecule has 0 bridgehead atoms. The number of hydrogen-bond donors (Lipinski definition) is 0. The van der Waals surface area contributed by atoms with Crippen molar-refractivity contribution in [1.82, 2.24) is 0 Å². The van der Waals surface area contributed by atoms with Crippen LogP contribution < -0.4 is 0 Å². The van der Waals surface area contributed by atoms with Crippen LogP contribution in [0.2, 0.25) is 0 Å². The summed E-state index contributed by atoms with van der Waals surface area (Å²) in [5.74, 6) is 0. The molecule has 7 aromatic rings. The van der Waals surface area contributed by atoms with Crippen LogP contribution in [0.15, 0.2) is 291 Å². The van der Waals surface area contributed by atoms with Crippen LogP contribution in [0, 0.1) is 0 Å². The minimum Gasteiger partial charge on any atom is -0.0808 e. The van der Waals surface area contributed by atoms with Crippen LogP contribution in [-0.2, 0) is 0 Å². The third-order valence-electron chi connectivity index (χ3n) is 6.53. The SMILES string of the molecule is C1=CCC=C1.C1=CCC=C1.c1ccc(-c2ccccc2)cc1.c1ccccc1.c1ccccc1.c1ccccc1.c1ccccc1.c1ccccc1. The highest BCUT2D eigenvalue weighted by Gasteiger charge is 1.91. The zero-order chi connectivity index (χ0) is 36.5. The fourth-order valence-electron chi connectivity index (χ4n) is 3.97. The average molecular weight is 677 g/mol. The fraction of sp³-hybridized carbons (Fsp3) is 0.0385. The van der Waals surface area contributed by atoms with Gasteiger partial charge in [-0.05, 0) is 24.0 Å². The normalized spacial score (nSPS) is 10.2. The van der Waals surface area contributed by atoms with Crippen molar-refractivity contribution < 1.29 is 0 Å². The number of rotatable bonds is 1. The van der Waals surface area contributed by atoms with Gasteiger partial charge in [0.25, 0.3) is 0 Å². The molecule has 0 aromatic heterocycles. The third-order valence-corrected chi connectivity index (χ3v) is 6.53. The summed E-state index contributed by atoms with van der Waals surface area (Å²) in [6, 6.07) is 80.8. The van der Waals surface area contributed by atoms with Crippen molar-refractivity contribution in [2.45, 2.75) is 12.8 Å². The zero-order valence-corrected chi connectivity index (χ0v) is 30.1. The van der Waals surface area contributed by atoms with E-state index in [0.717, 1.165) is 12.8 Å². The Morgan fingerprint density at radius 3 is 0.423 bits per heavy atom. The largest absolute Gasteiger partial charge is 0.0808 e. The summed E-state index contributed by atoms with van der Waals surface area (Å²) in [6.45, 7) is 0. The molecule has 0 heteroatoms. The number of allylic oxidation sites excluding steroid dienone is 8. The van der Waals surface area contributed by atoms with Crippen molar-refractivity contribution in [1.29, 1.82) is 0 Å². The molecule has 0 N–H and O–H groups in total. The first-order valence-corrected chi connectivity index (χ1v) is 17.7. The van der Waals surface area contributed by atoms with E-state index in [1.165, 1.54) is 11.1 Å². The summed E-state index contributed by atoms with van der Waals surface area (Å²) in [5.41, 5.74) is 2.55. The van der Waals surface area contributed by atoms with Gasteiger partial charge in [0.15, 0.2) is 0 Å². The molecule has 0 saturated heterocycles. The van der Waals surface area contributed by atoms with Gasteiger partial charge in [-0.2, -0.15) is 0 Å². The molecule has 0 heterocycles. The van der Waals surface area contributed by atoms with E-state index in [9.17, 15) is 0 Å². The van der Waals surface area contributed by atoms with Gasteiger partial charge in [-0.25, -0.2) is 0 Å². The van der Waals surface area contributed by atoms with Gasteiger partial charge in [0.1, 0.15) is 0 Å². The second-order valence-corrected chi connectivity index (χ2v) is 10.7. The molecule has 0 saturated carbocycles. The Hall–Kier alpha value is -6.50. The second kappa shape index (κ2) is 34.4. The van der Waals surface area contributed by atoms with Crippen LogP contribution in [0.3, 0.4) is 0 Å². The molecule has 0 unspecified atom stereocenters. The third kappa shape index (κ3) is 27.5. The molecular weight excluding hydrogens is 625 g/mol. The number of benzene rings is 7. The Morgan fingerprint density at radius 2 is 0.308 bits per heavy atom. The van der Waals surface area contributed by atoms with Crippen molar-refractivity contribution in [3.63, 3.8) is 0 Å². The van der Waals surface area contributed by atoms with Crippen LogP contribution in [0.5, 0.6) is 0 Å². The van der Waals surface area contributed by atoms with Crippen LogP contribution >= 0.6 is 0 Å². The summed E-state index contributed by atoms with van der Waals surface area (Å²) in [6.07, 6.45) is 19.0. The summed E-state index contributed by atoms with van der Waals surface area (Å²) < 4.78 is 0. The molecule has 52 heavy (non-hydrogen) atoms. The Balaban J connectivity index is 0.000000210. The van der Waals surface area contributed by atoms with Gasteiger partial charge in [0.2, 0.25) is 0 Å². The fourth-order valence-corrected chi connectivity index (χ4v) is 3.97. The van der Waals surface area contributed by atoms with Crippen molar-refractivity contribution in [2.24, 2.45) is 0 Å². The minimum absolute atomic E-state index is 1.14. The lowest BCUT2D eigenvalue weighted by atomic mass is 10.1. The standard InChI is InChI=1S/C12H10.5C6H6.2C5H6/c1-3-7-11(8-4-1)12-9-5-2-6-10-12;5*1-2-4-6-5-3-1;2*1-2-4-5-3-1/h1-10H;5*1-6H;2*1-4H,5H2. The van der Waals surface area contributed by atoms with E-state index >= 15 is 0 Å². The van der Waals surface area contributed by atoms with E-state index < -0.39 is 0 Å². The Labute approximate surface area is 314 Å². The predicted molar refractivity (Wildman–Crippen MR) is 230 cm³/mol. The molecule has 9 rings (SSSR count). The molecule has 0 spiro atoms. The maximum atomic E-state index is 2.12. The minimum atomic E-state index is 1.14. The summed E-state index contributed by atoms with van der Waals surface area (Å²) in [5, 5.41) is 0. The highest BCUT2D eigenvalue weighted by Crippen LogP contribution is 2.17. The lowest BCUT2D eigenvalue weighted by molar-refractivity contribution is 1.45. The molecular formula is C52H52. The van der Waals surface area contributed by atoms with Crippen LogP contribution in [0.25, 0.3) is 11.1 Å². The molecule has 7 aromatic carbocycles. The lowest BCUT2D eigenvalue weighted by Crippen LogP contribution is -1.73. The van der Waals surface area contributed by atoms with Crippen LogP contribution in [-0.4, -0.2) is 0 Å². The number of hydrogen-bond acceptors (Lipinski definition) is 0.